The molecule has 3 aromatic carbocycles. The molecule has 0 unspecified atom stereocenters. The number of aryl methyl sites for hydroxylation is 1. The third-order valence-electron chi connectivity index (χ3n) is 7.35. The van der Waals surface area contributed by atoms with Gasteiger partial charge in [-0.25, -0.2) is 13.1 Å². The van der Waals surface area contributed by atoms with E-state index in [0.717, 1.165) is 36.3 Å². The van der Waals surface area contributed by atoms with Gasteiger partial charge in [-0.3, -0.25) is 14.5 Å². The Balaban J connectivity index is 1.56. The summed E-state index contributed by atoms with van der Waals surface area (Å²) < 4.78 is 26.4. The number of rotatable bonds is 7. The van der Waals surface area contributed by atoms with E-state index < -0.39 is 10.0 Å². The lowest BCUT2D eigenvalue weighted by Gasteiger charge is -2.28. The number of halogens is 1. The molecule has 2 amide bonds. The number of hydrogen-bond donors (Lipinski definition) is 1. The fraction of sp³-hybridized carbons (Fsp3) is 0.355. The number of amides is 2. The maximum Gasteiger partial charge on any atom is 0.240 e. The Kier molecular flexibility index (Phi) is 10.6. The van der Waals surface area contributed by atoms with Crippen molar-refractivity contribution < 1.29 is 18.0 Å². The molecule has 1 heterocycles. The number of nitrogens with one attached hydrogen (secondary N) is 1. The second-order valence-electron chi connectivity index (χ2n) is 10.2. The summed E-state index contributed by atoms with van der Waals surface area (Å²) >= 11 is 6.38. The lowest BCUT2D eigenvalue weighted by Crippen LogP contribution is -2.38. The Labute approximate surface area is 248 Å². The van der Waals surface area contributed by atoms with Gasteiger partial charge in [-0.05, 0) is 66.9 Å². The van der Waals surface area contributed by atoms with Gasteiger partial charge in [-0.2, -0.15) is 0 Å². The van der Waals surface area contributed by atoms with E-state index in [0.29, 0.717) is 37.6 Å². The van der Waals surface area contributed by atoms with Crippen LogP contribution in [0.3, 0.4) is 0 Å². The van der Waals surface area contributed by atoms with E-state index in [1.165, 1.54) is 12.6 Å². The molecule has 0 aliphatic carbocycles. The highest BCUT2D eigenvalue weighted by Crippen LogP contribution is 2.27. The minimum Gasteiger partial charge on any atom is -0.337 e. The van der Waals surface area contributed by atoms with E-state index in [-0.39, 0.29) is 23.1 Å². The molecular formula is C31H37ClN4O4S. The van der Waals surface area contributed by atoms with E-state index >= 15 is 0 Å². The van der Waals surface area contributed by atoms with Crippen LogP contribution >= 0.6 is 11.6 Å². The number of benzene rings is 3. The van der Waals surface area contributed by atoms with Crippen molar-refractivity contribution in [2.45, 2.75) is 44.2 Å². The normalized spacial score (nSPS) is 15.2. The molecule has 0 atom stereocenters. The van der Waals surface area contributed by atoms with Crippen LogP contribution in [0, 0.1) is 0 Å². The molecule has 218 valence electrons. The molecular weight excluding hydrogens is 560 g/mol. The summed E-state index contributed by atoms with van der Waals surface area (Å²) in [5, 5.41) is 0.553. The van der Waals surface area contributed by atoms with Gasteiger partial charge in [0.25, 0.3) is 0 Å². The van der Waals surface area contributed by atoms with Crippen molar-refractivity contribution in [1.29, 1.82) is 0 Å². The highest BCUT2D eigenvalue weighted by molar-refractivity contribution is 7.89. The van der Waals surface area contributed by atoms with Gasteiger partial charge >= 0.3 is 0 Å². The Morgan fingerprint density at radius 3 is 2.32 bits per heavy atom. The fourth-order valence-corrected chi connectivity index (χ4v) is 6.00. The topological polar surface area (TPSA) is 90.0 Å². The maximum absolute atomic E-state index is 13.7. The molecule has 8 nitrogen and oxygen atoms in total. The Morgan fingerprint density at radius 1 is 0.902 bits per heavy atom. The first-order valence-corrected chi connectivity index (χ1v) is 15.7. The lowest BCUT2D eigenvalue weighted by molar-refractivity contribution is -0.132. The summed E-state index contributed by atoms with van der Waals surface area (Å²) in [5.74, 6) is -0.0693. The van der Waals surface area contributed by atoms with E-state index in [1.54, 1.807) is 42.2 Å². The van der Waals surface area contributed by atoms with Crippen molar-refractivity contribution in [3.8, 4) is 0 Å². The summed E-state index contributed by atoms with van der Waals surface area (Å²) in [4.78, 5) is 32.5. The molecule has 4 rings (SSSR count). The van der Waals surface area contributed by atoms with Gasteiger partial charge in [-0.15, -0.1) is 0 Å². The van der Waals surface area contributed by atoms with Gasteiger partial charge in [0.05, 0.1) is 4.90 Å². The van der Waals surface area contributed by atoms with Crippen molar-refractivity contribution in [1.82, 2.24) is 14.5 Å². The van der Waals surface area contributed by atoms with E-state index in [9.17, 15) is 18.0 Å². The van der Waals surface area contributed by atoms with Crippen molar-refractivity contribution in [3.05, 3.63) is 94.5 Å². The Morgan fingerprint density at radius 2 is 1.63 bits per heavy atom. The number of carbonyl (C=O) groups is 2. The zero-order valence-electron chi connectivity index (χ0n) is 23.6. The summed E-state index contributed by atoms with van der Waals surface area (Å²) in [7, 11) is -2.14. The third-order valence-corrected chi connectivity index (χ3v) is 9.01. The molecule has 0 saturated carbocycles. The van der Waals surface area contributed by atoms with Gasteiger partial charge in [0.2, 0.25) is 21.8 Å². The van der Waals surface area contributed by atoms with Crippen LogP contribution in [0.15, 0.2) is 77.7 Å². The van der Waals surface area contributed by atoms with Gasteiger partial charge in [0.15, 0.2) is 0 Å². The van der Waals surface area contributed by atoms with Crippen LogP contribution in [0.25, 0.3) is 0 Å². The summed E-state index contributed by atoms with van der Waals surface area (Å²) in [6, 6.07) is 22.3. The number of carbonyl (C=O) groups excluding carboxylic acids is 2. The Bertz CT molecular complexity index is 1450. The van der Waals surface area contributed by atoms with Crippen LogP contribution in [-0.2, 0) is 39.1 Å². The maximum atomic E-state index is 13.7. The number of fused-ring (bicyclic) bond motifs is 1. The minimum absolute atomic E-state index is 0.0175. The van der Waals surface area contributed by atoms with Crippen molar-refractivity contribution in [2.24, 2.45) is 0 Å². The first kappa shape index (κ1) is 30.7. The predicted octanol–water partition coefficient (Wildman–Crippen LogP) is 4.47. The zero-order valence-corrected chi connectivity index (χ0v) is 25.1. The third kappa shape index (κ3) is 8.39. The second kappa shape index (κ2) is 14.1. The monoisotopic (exact) mass is 596 g/mol. The molecule has 10 heteroatoms. The Hall–Kier alpha value is -3.24. The quantitative estimate of drug-likeness (QED) is 0.435. The summed E-state index contributed by atoms with van der Waals surface area (Å²) in [6.07, 6.45) is 1.54. The number of nitrogens with zero attached hydrogens (tertiary/aromatic N) is 3. The molecule has 0 bridgehead atoms. The second-order valence-corrected chi connectivity index (χ2v) is 12.5. The van der Waals surface area contributed by atoms with Crippen LogP contribution < -0.4 is 9.62 Å². The van der Waals surface area contributed by atoms with Crippen LogP contribution in [0.1, 0.15) is 36.5 Å². The fourth-order valence-electron chi connectivity index (χ4n) is 5.08. The SMILES string of the molecule is CNS(=O)(=O)c1ccc(CCC(=O)N2CCN(Cc3ccccc3)CCCN(C(C)=O)c3ccc(Cl)cc3C2)cc1. The van der Waals surface area contributed by atoms with Crippen LogP contribution in [-0.4, -0.2) is 63.3 Å². The largest absolute Gasteiger partial charge is 0.337 e. The van der Waals surface area contributed by atoms with Crippen molar-refractivity contribution in [3.63, 3.8) is 0 Å². The standard InChI is InChI=1S/C31H37ClN4O4S/c1-24(37)36-18-6-17-34(22-26-7-4-3-5-8-26)19-20-35(23-27-21-28(32)12-15-30(27)36)31(38)16-11-25-9-13-29(14-10-25)41(39,40)33-2/h3-5,7-10,12-15,21,33H,6,11,16-20,22-23H2,1-2H3. The smallest absolute Gasteiger partial charge is 0.240 e. The van der Waals surface area contributed by atoms with Gasteiger partial charge in [0, 0.05) is 63.3 Å². The summed E-state index contributed by atoms with van der Waals surface area (Å²) in [6.45, 7) is 5.22. The molecule has 0 saturated heterocycles. The van der Waals surface area contributed by atoms with Gasteiger partial charge < -0.3 is 9.80 Å². The number of hydrogen-bond acceptors (Lipinski definition) is 5. The first-order valence-electron chi connectivity index (χ1n) is 13.8. The highest BCUT2D eigenvalue weighted by atomic mass is 35.5. The van der Waals surface area contributed by atoms with Crippen LogP contribution in [0.5, 0.6) is 0 Å². The average molecular weight is 597 g/mol. The van der Waals surface area contributed by atoms with Gasteiger partial charge in [0.1, 0.15) is 0 Å². The van der Waals surface area contributed by atoms with Crippen molar-refractivity contribution >= 4 is 39.1 Å². The molecule has 41 heavy (non-hydrogen) atoms. The summed E-state index contributed by atoms with van der Waals surface area (Å²) in [5.41, 5.74) is 3.68. The van der Waals surface area contributed by atoms with E-state index in [2.05, 4.69) is 21.8 Å². The average Bonchev–Trinajstić information content (AvgIpc) is 3.00. The molecule has 0 aromatic heterocycles. The molecule has 1 aliphatic heterocycles. The molecule has 0 radical (unpaired) electrons. The molecule has 0 spiro atoms. The first-order chi connectivity index (χ1) is 19.7. The number of sulfonamides is 1. The zero-order chi connectivity index (χ0) is 29.4. The van der Waals surface area contributed by atoms with E-state index in [4.69, 9.17) is 11.6 Å². The lowest BCUT2D eigenvalue weighted by atomic mass is 10.1. The van der Waals surface area contributed by atoms with Crippen LogP contribution in [0.4, 0.5) is 5.69 Å². The predicted molar refractivity (Wildman–Crippen MR) is 162 cm³/mol. The number of anilines is 1. The molecule has 0 fully saturated rings. The van der Waals surface area contributed by atoms with E-state index in [1.807, 2.05) is 35.2 Å². The van der Waals surface area contributed by atoms with Crippen molar-refractivity contribution in [2.75, 3.05) is 38.1 Å². The minimum atomic E-state index is -3.52. The molecule has 1 N–H and O–H groups in total. The molecule has 3 aromatic rings. The van der Waals surface area contributed by atoms with Crippen LogP contribution in [0.2, 0.25) is 5.02 Å². The van der Waals surface area contributed by atoms with Gasteiger partial charge in [-0.1, -0.05) is 54.1 Å². The molecule has 1 aliphatic rings. The highest BCUT2D eigenvalue weighted by Gasteiger charge is 2.23.